The summed E-state index contributed by atoms with van der Waals surface area (Å²) >= 11 is 0. The summed E-state index contributed by atoms with van der Waals surface area (Å²) in [5.74, 6) is 0. The number of hydrogen-bond donors (Lipinski definition) is 1. The van der Waals surface area contributed by atoms with E-state index in [9.17, 15) is 0 Å². The van der Waals surface area contributed by atoms with Crippen LogP contribution in [0.5, 0.6) is 0 Å². The first kappa shape index (κ1) is 12.0. The highest BCUT2D eigenvalue weighted by Gasteiger charge is 2.05. The Morgan fingerprint density at radius 2 is 2.07 bits per heavy atom. The zero-order valence-electron chi connectivity index (χ0n) is 9.57. The molecule has 2 N–H and O–H groups in total. The maximum Gasteiger partial charge on any atom is 0.0589 e. The highest BCUT2D eigenvalue weighted by molar-refractivity contribution is 5.46. The molecule has 84 valence electrons. The number of benzene rings is 1. The van der Waals surface area contributed by atoms with Crippen molar-refractivity contribution in [3.05, 3.63) is 29.8 Å². The number of para-hydroxylation sites is 1. The number of ether oxygens (including phenoxy) is 1. The third kappa shape index (κ3) is 3.90. The van der Waals surface area contributed by atoms with E-state index in [1.807, 2.05) is 18.2 Å². The lowest BCUT2D eigenvalue weighted by Crippen LogP contribution is -2.27. The van der Waals surface area contributed by atoms with Crippen LogP contribution in [0.2, 0.25) is 0 Å². The number of anilines is 1. The molecule has 0 amide bonds. The molecule has 0 aliphatic carbocycles. The van der Waals surface area contributed by atoms with Crippen LogP contribution >= 0.6 is 0 Å². The number of rotatable bonds is 6. The van der Waals surface area contributed by atoms with Crippen LogP contribution in [-0.4, -0.2) is 31.7 Å². The van der Waals surface area contributed by atoms with Gasteiger partial charge >= 0.3 is 0 Å². The average Bonchev–Trinajstić information content (AvgIpc) is 2.26. The molecule has 0 aliphatic heterocycles. The topological polar surface area (TPSA) is 38.5 Å². The molecule has 0 atom stereocenters. The number of nitrogen functional groups attached to an aromatic ring is 1. The van der Waals surface area contributed by atoms with Crippen LogP contribution in [0.1, 0.15) is 12.5 Å². The number of methoxy groups -OCH3 is 1. The normalized spacial score (nSPS) is 10.9. The summed E-state index contributed by atoms with van der Waals surface area (Å²) in [6.07, 6.45) is 0. The summed E-state index contributed by atoms with van der Waals surface area (Å²) < 4.78 is 5.07. The molecule has 3 nitrogen and oxygen atoms in total. The highest BCUT2D eigenvalue weighted by Crippen LogP contribution is 2.12. The van der Waals surface area contributed by atoms with Crippen molar-refractivity contribution in [1.29, 1.82) is 0 Å². The summed E-state index contributed by atoms with van der Waals surface area (Å²) in [7, 11) is 1.73. The third-order valence-corrected chi connectivity index (χ3v) is 2.51. The predicted octanol–water partition coefficient (Wildman–Crippen LogP) is 1.74. The van der Waals surface area contributed by atoms with Crippen molar-refractivity contribution in [3.8, 4) is 0 Å². The Kier molecular flexibility index (Phi) is 5.15. The number of nitrogens with two attached hydrogens (primary N) is 1. The van der Waals surface area contributed by atoms with Crippen molar-refractivity contribution in [2.45, 2.75) is 13.5 Å². The van der Waals surface area contributed by atoms with E-state index >= 15 is 0 Å². The van der Waals surface area contributed by atoms with E-state index in [2.05, 4.69) is 17.9 Å². The Bertz CT molecular complexity index is 289. The summed E-state index contributed by atoms with van der Waals surface area (Å²) in [6, 6.07) is 8.00. The lowest BCUT2D eigenvalue weighted by molar-refractivity contribution is 0.147. The van der Waals surface area contributed by atoms with Crippen molar-refractivity contribution in [3.63, 3.8) is 0 Å². The zero-order chi connectivity index (χ0) is 11.1. The molecule has 0 radical (unpaired) electrons. The minimum absolute atomic E-state index is 0.764. The van der Waals surface area contributed by atoms with Crippen molar-refractivity contribution in [1.82, 2.24) is 4.90 Å². The smallest absolute Gasteiger partial charge is 0.0589 e. The van der Waals surface area contributed by atoms with Crippen LogP contribution in [0, 0.1) is 0 Å². The van der Waals surface area contributed by atoms with Crippen LogP contribution in [-0.2, 0) is 11.3 Å². The summed E-state index contributed by atoms with van der Waals surface area (Å²) in [4.78, 5) is 2.31. The van der Waals surface area contributed by atoms with Crippen molar-refractivity contribution in [2.75, 3.05) is 32.5 Å². The van der Waals surface area contributed by atoms with Gasteiger partial charge in [0.1, 0.15) is 0 Å². The maximum atomic E-state index is 5.89. The predicted molar refractivity (Wildman–Crippen MR) is 63.7 cm³/mol. The fraction of sp³-hybridized carbons (Fsp3) is 0.500. The lowest BCUT2D eigenvalue weighted by Gasteiger charge is -2.20. The molecule has 0 saturated carbocycles. The van der Waals surface area contributed by atoms with E-state index in [0.29, 0.717) is 0 Å². The van der Waals surface area contributed by atoms with Gasteiger partial charge in [0.2, 0.25) is 0 Å². The first-order valence-electron chi connectivity index (χ1n) is 5.32. The van der Waals surface area contributed by atoms with Gasteiger partial charge in [0.25, 0.3) is 0 Å². The van der Waals surface area contributed by atoms with E-state index in [0.717, 1.165) is 31.9 Å². The summed E-state index contributed by atoms with van der Waals surface area (Å²) in [6.45, 7) is 5.76. The second-order valence-electron chi connectivity index (χ2n) is 3.56. The average molecular weight is 208 g/mol. The highest BCUT2D eigenvalue weighted by atomic mass is 16.5. The van der Waals surface area contributed by atoms with Crippen LogP contribution in [0.4, 0.5) is 5.69 Å². The van der Waals surface area contributed by atoms with Gasteiger partial charge in [-0.2, -0.15) is 0 Å². The Balaban J connectivity index is 2.54. The molecule has 0 aromatic heterocycles. The van der Waals surface area contributed by atoms with Crippen molar-refractivity contribution < 1.29 is 4.74 Å². The molecule has 0 fully saturated rings. The van der Waals surface area contributed by atoms with Crippen LogP contribution < -0.4 is 5.73 Å². The van der Waals surface area contributed by atoms with E-state index in [1.165, 1.54) is 5.56 Å². The number of nitrogens with zero attached hydrogens (tertiary/aromatic N) is 1. The minimum Gasteiger partial charge on any atom is -0.398 e. The van der Waals surface area contributed by atoms with Gasteiger partial charge in [0.15, 0.2) is 0 Å². The van der Waals surface area contributed by atoms with Gasteiger partial charge in [-0.3, -0.25) is 4.90 Å². The molecular weight excluding hydrogens is 188 g/mol. The molecule has 1 aromatic carbocycles. The van der Waals surface area contributed by atoms with Crippen LogP contribution in [0.15, 0.2) is 24.3 Å². The van der Waals surface area contributed by atoms with Gasteiger partial charge in [-0.05, 0) is 18.2 Å². The van der Waals surface area contributed by atoms with Gasteiger partial charge in [-0.15, -0.1) is 0 Å². The number of hydrogen-bond acceptors (Lipinski definition) is 3. The molecule has 0 bridgehead atoms. The monoisotopic (exact) mass is 208 g/mol. The zero-order valence-corrected chi connectivity index (χ0v) is 9.57. The van der Waals surface area contributed by atoms with Gasteiger partial charge in [0, 0.05) is 25.9 Å². The Morgan fingerprint density at radius 1 is 1.33 bits per heavy atom. The Hall–Kier alpha value is -1.06. The van der Waals surface area contributed by atoms with E-state index in [4.69, 9.17) is 10.5 Å². The van der Waals surface area contributed by atoms with Gasteiger partial charge < -0.3 is 10.5 Å². The van der Waals surface area contributed by atoms with Crippen LogP contribution in [0.3, 0.4) is 0 Å². The van der Waals surface area contributed by atoms with Crippen molar-refractivity contribution >= 4 is 5.69 Å². The SMILES string of the molecule is CCN(CCOC)Cc1ccccc1N. The molecule has 3 heteroatoms. The number of likely N-dealkylation sites (N-methyl/N-ethyl adjacent to an activating group) is 1. The quantitative estimate of drug-likeness (QED) is 0.724. The molecule has 0 heterocycles. The molecule has 1 rings (SSSR count). The molecule has 0 unspecified atom stereocenters. The third-order valence-electron chi connectivity index (χ3n) is 2.51. The minimum atomic E-state index is 0.764. The second kappa shape index (κ2) is 6.43. The van der Waals surface area contributed by atoms with E-state index < -0.39 is 0 Å². The van der Waals surface area contributed by atoms with E-state index in [-0.39, 0.29) is 0 Å². The second-order valence-corrected chi connectivity index (χ2v) is 3.56. The van der Waals surface area contributed by atoms with Gasteiger partial charge in [-0.1, -0.05) is 25.1 Å². The Labute approximate surface area is 91.8 Å². The first-order valence-corrected chi connectivity index (χ1v) is 5.32. The van der Waals surface area contributed by atoms with E-state index in [1.54, 1.807) is 7.11 Å². The van der Waals surface area contributed by atoms with Gasteiger partial charge in [-0.25, -0.2) is 0 Å². The maximum absolute atomic E-state index is 5.89. The van der Waals surface area contributed by atoms with Crippen LogP contribution in [0.25, 0.3) is 0 Å². The molecule has 15 heavy (non-hydrogen) atoms. The fourth-order valence-electron chi connectivity index (χ4n) is 1.49. The first-order chi connectivity index (χ1) is 7.27. The molecular formula is C12H20N2O. The lowest BCUT2D eigenvalue weighted by atomic mass is 10.1. The summed E-state index contributed by atoms with van der Waals surface area (Å²) in [5, 5.41) is 0. The molecule has 0 spiro atoms. The van der Waals surface area contributed by atoms with Gasteiger partial charge in [0.05, 0.1) is 6.61 Å². The standard InChI is InChI=1S/C12H20N2O/c1-3-14(8-9-15-2)10-11-6-4-5-7-12(11)13/h4-7H,3,8-10,13H2,1-2H3. The molecule has 0 aliphatic rings. The fourth-order valence-corrected chi connectivity index (χ4v) is 1.49. The largest absolute Gasteiger partial charge is 0.398 e. The Morgan fingerprint density at radius 3 is 2.67 bits per heavy atom. The molecule has 0 saturated heterocycles. The molecule has 1 aromatic rings. The van der Waals surface area contributed by atoms with Crippen molar-refractivity contribution in [2.24, 2.45) is 0 Å². The summed E-state index contributed by atoms with van der Waals surface area (Å²) in [5.41, 5.74) is 7.95.